The third-order valence-electron chi connectivity index (χ3n) is 3.45. The van der Waals surface area contributed by atoms with Crippen LogP contribution >= 0.6 is 11.6 Å². The Morgan fingerprint density at radius 1 is 1.04 bits per heavy atom. The number of aromatic nitrogens is 2. The maximum absolute atomic E-state index is 12.3. The molecular weight excluding hydrogens is 340 g/mol. The molecule has 3 rings (SSSR count). The van der Waals surface area contributed by atoms with Crippen LogP contribution in [0.1, 0.15) is 20.8 Å². The highest BCUT2D eigenvalue weighted by molar-refractivity contribution is 6.33. The van der Waals surface area contributed by atoms with Gasteiger partial charge in [-0.1, -0.05) is 17.7 Å². The summed E-state index contributed by atoms with van der Waals surface area (Å²) in [6, 6.07) is 13.5. The van der Waals surface area contributed by atoms with Gasteiger partial charge in [-0.05, 0) is 42.5 Å². The van der Waals surface area contributed by atoms with Crippen molar-refractivity contribution in [1.29, 1.82) is 0 Å². The molecule has 0 aliphatic rings. The van der Waals surface area contributed by atoms with Crippen molar-refractivity contribution in [1.82, 2.24) is 9.97 Å². The van der Waals surface area contributed by atoms with Crippen LogP contribution in [0.15, 0.2) is 60.9 Å². The van der Waals surface area contributed by atoms with Crippen LogP contribution < -0.4 is 11.1 Å². The van der Waals surface area contributed by atoms with Gasteiger partial charge in [0.05, 0.1) is 16.3 Å². The van der Waals surface area contributed by atoms with E-state index < -0.39 is 11.8 Å². The molecule has 0 bridgehead atoms. The summed E-state index contributed by atoms with van der Waals surface area (Å²) in [6.07, 6.45) is 2.93. The molecule has 1 aromatic carbocycles. The van der Waals surface area contributed by atoms with Gasteiger partial charge in [-0.3, -0.25) is 19.6 Å². The summed E-state index contributed by atoms with van der Waals surface area (Å²) in [5, 5.41) is 3.27. The summed E-state index contributed by atoms with van der Waals surface area (Å²) >= 11 is 6.22. The van der Waals surface area contributed by atoms with Gasteiger partial charge in [0.15, 0.2) is 0 Å². The first kappa shape index (κ1) is 16.6. The molecule has 0 fully saturated rings. The van der Waals surface area contributed by atoms with Crippen molar-refractivity contribution >= 4 is 29.1 Å². The molecule has 0 radical (unpaired) electrons. The summed E-state index contributed by atoms with van der Waals surface area (Å²) in [6.45, 7) is 0. The zero-order valence-electron chi connectivity index (χ0n) is 12.9. The number of hydrogen-bond donors (Lipinski definition) is 2. The number of carbonyl (C=O) groups excluding carboxylic acids is 2. The number of halogens is 1. The molecule has 0 aliphatic heterocycles. The van der Waals surface area contributed by atoms with Gasteiger partial charge in [0.25, 0.3) is 5.91 Å². The van der Waals surface area contributed by atoms with E-state index in [2.05, 4.69) is 15.3 Å². The predicted octanol–water partition coefficient (Wildman–Crippen LogP) is 3.15. The largest absolute Gasteiger partial charge is 0.366 e. The fraction of sp³-hybridized carbons (Fsp3) is 0. The number of carbonyl (C=O) groups is 2. The van der Waals surface area contributed by atoms with E-state index in [-0.39, 0.29) is 11.3 Å². The van der Waals surface area contributed by atoms with Crippen LogP contribution in [0.25, 0.3) is 11.3 Å². The molecule has 6 nitrogen and oxygen atoms in total. The number of hydrogen-bond acceptors (Lipinski definition) is 4. The molecule has 2 aromatic heterocycles. The molecule has 0 atom stereocenters. The highest BCUT2D eigenvalue weighted by Gasteiger charge is 2.11. The zero-order chi connectivity index (χ0) is 17.8. The van der Waals surface area contributed by atoms with Crippen molar-refractivity contribution in [2.24, 2.45) is 5.73 Å². The van der Waals surface area contributed by atoms with Gasteiger partial charge in [-0.25, -0.2) is 0 Å². The Hall–Kier alpha value is -3.25. The van der Waals surface area contributed by atoms with E-state index in [0.29, 0.717) is 22.0 Å². The van der Waals surface area contributed by atoms with Crippen molar-refractivity contribution in [3.05, 3.63) is 77.2 Å². The van der Waals surface area contributed by atoms with Crippen LogP contribution in [0.5, 0.6) is 0 Å². The van der Waals surface area contributed by atoms with Gasteiger partial charge in [-0.2, -0.15) is 0 Å². The summed E-state index contributed by atoms with van der Waals surface area (Å²) in [4.78, 5) is 31.5. The highest BCUT2D eigenvalue weighted by atomic mass is 35.5. The third kappa shape index (κ3) is 3.81. The molecule has 0 saturated heterocycles. The smallest absolute Gasteiger partial charge is 0.274 e. The predicted molar refractivity (Wildman–Crippen MR) is 95.4 cm³/mol. The first-order chi connectivity index (χ1) is 12.0. The molecule has 3 N–H and O–H groups in total. The molecule has 124 valence electrons. The average molecular weight is 353 g/mol. The molecule has 0 aliphatic carbocycles. The van der Waals surface area contributed by atoms with E-state index in [1.54, 1.807) is 24.4 Å². The van der Waals surface area contributed by atoms with E-state index >= 15 is 0 Å². The quantitative estimate of drug-likeness (QED) is 0.753. The van der Waals surface area contributed by atoms with Gasteiger partial charge < -0.3 is 11.1 Å². The second kappa shape index (κ2) is 7.11. The minimum absolute atomic E-state index is 0.166. The van der Waals surface area contributed by atoms with E-state index in [4.69, 9.17) is 17.3 Å². The van der Waals surface area contributed by atoms with Crippen LogP contribution in [0.4, 0.5) is 5.69 Å². The van der Waals surface area contributed by atoms with E-state index in [1.165, 1.54) is 18.3 Å². The minimum Gasteiger partial charge on any atom is -0.366 e. The summed E-state index contributed by atoms with van der Waals surface area (Å²) in [7, 11) is 0. The van der Waals surface area contributed by atoms with Crippen molar-refractivity contribution < 1.29 is 9.59 Å². The monoisotopic (exact) mass is 352 g/mol. The summed E-state index contributed by atoms with van der Waals surface area (Å²) in [5.41, 5.74) is 7.51. The molecule has 3 aromatic rings. The lowest BCUT2D eigenvalue weighted by molar-refractivity contribution is 0.0993. The average Bonchev–Trinajstić information content (AvgIpc) is 2.64. The molecule has 0 spiro atoms. The second-order valence-corrected chi connectivity index (χ2v) is 5.57. The standard InChI is InChI=1S/C18H13ClN4O2/c19-14-6-5-12(9-13(14)15-3-1-2-8-21-15)23-18(25)16-7-4-11(10-22-16)17(20)24/h1-10H,(H2,20,24)(H,23,25). The van der Waals surface area contributed by atoms with Gasteiger partial charge in [-0.15, -0.1) is 0 Å². The minimum atomic E-state index is -0.600. The second-order valence-electron chi connectivity index (χ2n) is 5.16. The third-order valence-corrected chi connectivity index (χ3v) is 3.78. The Labute approximate surface area is 148 Å². The molecule has 0 unspecified atom stereocenters. The zero-order valence-corrected chi connectivity index (χ0v) is 13.7. The lowest BCUT2D eigenvalue weighted by atomic mass is 10.1. The highest BCUT2D eigenvalue weighted by Crippen LogP contribution is 2.29. The van der Waals surface area contributed by atoms with Crippen LogP contribution in [-0.2, 0) is 0 Å². The molecular formula is C18H13ClN4O2. The first-order valence-electron chi connectivity index (χ1n) is 7.33. The van der Waals surface area contributed by atoms with Gasteiger partial charge in [0.1, 0.15) is 5.69 Å². The normalized spacial score (nSPS) is 10.3. The van der Waals surface area contributed by atoms with E-state index in [0.717, 1.165) is 0 Å². The van der Waals surface area contributed by atoms with Crippen molar-refractivity contribution in [3.8, 4) is 11.3 Å². The van der Waals surface area contributed by atoms with Crippen LogP contribution in [0.3, 0.4) is 0 Å². The lowest BCUT2D eigenvalue weighted by Gasteiger charge is -2.09. The van der Waals surface area contributed by atoms with Crippen molar-refractivity contribution in [3.63, 3.8) is 0 Å². The van der Waals surface area contributed by atoms with E-state index in [9.17, 15) is 9.59 Å². The number of pyridine rings is 2. The van der Waals surface area contributed by atoms with Crippen LogP contribution in [0.2, 0.25) is 5.02 Å². The maximum Gasteiger partial charge on any atom is 0.274 e. The number of nitrogens with two attached hydrogens (primary N) is 1. The SMILES string of the molecule is NC(=O)c1ccc(C(=O)Nc2ccc(Cl)c(-c3ccccn3)c2)nc1. The van der Waals surface area contributed by atoms with Gasteiger partial charge in [0, 0.05) is 23.6 Å². The Kier molecular flexibility index (Phi) is 4.72. The number of nitrogens with zero attached hydrogens (tertiary/aromatic N) is 2. The molecule has 7 heteroatoms. The Morgan fingerprint density at radius 2 is 1.88 bits per heavy atom. The van der Waals surface area contributed by atoms with Gasteiger partial charge in [0.2, 0.25) is 5.91 Å². The van der Waals surface area contributed by atoms with E-state index in [1.807, 2.05) is 18.2 Å². The van der Waals surface area contributed by atoms with Gasteiger partial charge >= 0.3 is 0 Å². The first-order valence-corrected chi connectivity index (χ1v) is 7.70. The Morgan fingerprint density at radius 3 is 2.52 bits per heavy atom. The number of anilines is 1. The van der Waals surface area contributed by atoms with Crippen molar-refractivity contribution in [2.75, 3.05) is 5.32 Å². The van der Waals surface area contributed by atoms with Crippen molar-refractivity contribution in [2.45, 2.75) is 0 Å². The lowest BCUT2D eigenvalue weighted by Crippen LogP contribution is -2.16. The topological polar surface area (TPSA) is 98.0 Å². The molecule has 2 amide bonds. The maximum atomic E-state index is 12.3. The number of primary amides is 1. The summed E-state index contributed by atoms with van der Waals surface area (Å²) < 4.78 is 0. The molecule has 0 saturated carbocycles. The fourth-order valence-corrected chi connectivity index (χ4v) is 2.40. The Balaban J connectivity index is 1.83. The molecule has 2 heterocycles. The number of amides is 2. The fourth-order valence-electron chi connectivity index (χ4n) is 2.19. The number of nitrogens with one attached hydrogen (secondary N) is 1. The van der Waals surface area contributed by atoms with Crippen LogP contribution in [0, 0.1) is 0 Å². The summed E-state index contributed by atoms with van der Waals surface area (Å²) in [5.74, 6) is -1.01. The van der Waals surface area contributed by atoms with Crippen LogP contribution in [-0.4, -0.2) is 21.8 Å². The number of benzene rings is 1. The Bertz CT molecular complexity index is 928. The number of rotatable bonds is 4. The molecule has 25 heavy (non-hydrogen) atoms.